The Morgan fingerprint density at radius 3 is 2.94 bits per heavy atom. The molecule has 1 atom stereocenters. The minimum absolute atomic E-state index is 0.0599. The Bertz CT molecular complexity index is 439. The van der Waals surface area contributed by atoms with Gasteiger partial charge in [0.05, 0.1) is 17.2 Å². The first kappa shape index (κ1) is 12.5. The van der Waals surface area contributed by atoms with Crippen LogP contribution in [0.15, 0.2) is 24.4 Å². The van der Waals surface area contributed by atoms with Crippen molar-refractivity contribution in [1.82, 2.24) is 10.3 Å². The number of piperidine rings is 1. The Morgan fingerprint density at radius 1 is 1.41 bits per heavy atom. The summed E-state index contributed by atoms with van der Waals surface area (Å²) in [5.41, 5.74) is 0.635. The van der Waals surface area contributed by atoms with Crippen LogP contribution in [0.1, 0.15) is 18.5 Å². The molecule has 1 saturated heterocycles. The van der Waals surface area contributed by atoms with Crippen molar-refractivity contribution >= 4 is 9.84 Å². The second-order valence-electron chi connectivity index (χ2n) is 4.59. The zero-order chi connectivity index (χ0) is 12.1. The molecule has 4 nitrogen and oxygen atoms in total. The molecule has 2 rings (SSSR count). The van der Waals surface area contributed by atoms with Gasteiger partial charge in [-0.15, -0.1) is 0 Å². The molecule has 0 aliphatic carbocycles. The number of nitrogens with one attached hydrogen (secondary N) is 1. The maximum atomic E-state index is 12.0. The molecule has 0 radical (unpaired) electrons. The van der Waals surface area contributed by atoms with Gasteiger partial charge in [-0.05, 0) is 44.0 Å². The Hall–Kier alpha value is -0.940. The molecule has 5 heteroatoms. The first-order chi connectivity index (χ1) is 8.16. The highest BCUT2D eigenvalue weighted by molar-refractivity contribution is 7.90. The molecular weight excluding hydrogens is 236 g/mol. The lowest BCUT2D eigenvalue weighted by Gasteiger charge is -2.22. The van der Waals surface area contributed by atoms with Gasteiger partial charge >= 0.3 is 0 Å². The number of pyridine rings is 1. The maximum Gasteiger partial charge on any atom is 0.156 e. The van der Waals surface area contributed by atoms with Crippen LogP contribution in [0.2, 0.25) is 0 Å². The van der Waals surface area contributed by atoms with E-state index in [1.54, 1.807) is 18.3 Å². The summed E-state index contributed by atoms with van der Waals surface area (Å²) in [5, 5.41) is 3.24. The van der Waals surface area contributed by atoms with Crippen molar-refractivity contribution in [2.45, 2.75) is 18.6 Å². The van der Waals surface area contributed by atoms with Gasteiger partial charge in [-0.3, -0.25) is 4.98 Å². The van der Waals surface area contributed by atoms with Crippen molar-refractivity contribution < 1.29 is 8.42 Å². The van der Waals surface area contributed by atoms with Gasteiger partial charge < -0.3 is 5.32 Å². The summed E-state index contributed by atoms with van der Waals surface area (Å²) in [5.74, 6) is 0.596. The Morgan fingerprint density at radius 2 is 2.29 bits per heavy atom. The molecule has 1 aromatic heterocycles. The van der Waals surface area contributed by atoms with Gasteiger partial charge in [0.15, 0.2) is 9.84 Å². The van der Waals surface area contributed by atoms with E-state index >= 15 is 0 Å². The monoisotopic (exact) mass is 254 g/mol. The standard InChI is InChI=1S/C12H18N2O2S/c15-17(16,9-11-4-3-6-13-8-11)10-12-5-1-2-7-14-12/h1-2,5,7,11,13H,3-4,6,8-10H2/t11-/m0/s1. The zero-order valence-corrected chi connectivity index (χ0v) is 10.6. The van der Waals surface area contributed by atoms with E-state index in [0.717, 1.165) is 25.9 Å². The fourth-order valence-corrected chi connectivity index (χ4v) is 3.94. The Kier molecular flexibility index (Phi) is 4.12. The van der Waals surface area contributed by atoms with Crippen molar-refractivity contribution in [2.75, 3.05) is 18.8 Å². The first-order valence-corrected chi connectivity index (χ1v) is 7.79. The molecule has 0 spiro atoms. The average molecular weight is 254 g/mol. The number of rotatable bonds is 4. The van der Waals surface area contributed by atoms with Crippen molar-refractivity contribution in [3.05, 3.63) is 30.1 Å². The van der Waals surface area contributed by atoms with Gasteiger partial charge in [-0.25, -0.2) is 8.42 Å². The van der Waals surface area contributed by atoms with Crippen LogP contribution in [0.25, 0.3) is 0 Å². The SMILES string of the molecule is O=S(=O)(Cc1ccccn1)C[C@H]1CCCNC1. The minimum atomic E-state index is -3.04. The number of sulfone groups is 1. The normalized spacial score (nSPS) is 21.3. The predicted octanol–water partition coefficient (Wildman–Crippen LogP) is 0.996. The Labute approximate surface area is 102 Å². The summed E-state index contributed by atoms with van der Waals surface area (Å²) in [6, 6.07) is 5.37. The van der Waals surface area contributed by atoms with E-state index in [1.165, 1.54) is 0 Å². The summed E-state index contributed by atoms with van der Waals surface area (Å²) < 4.78 is 24.0. The van der Waals surface area contributed by atoms with Gasteiger partial charge in [-0.2, -0.15) is 0 Å². The topological polar surface area (TPSA) is 59.1 Å². The van der Waals surface area contributed by atoms with Crippen LogP contribution in [-0.2, 0) is 15.6 Å². The predicted molar refractivity (Wildman–Crippen MR) is 67.3 cm³/mol. The second-order valence-corrected chi connectivity index (χ2v) is 6.70. The number of aromatic nitrogens is 1. The van der Waals surface area contributed by atoms with Crippen LogP contribution in [0.4, 0.5) is 0 Å². The molecule has 0 saturated carbocycles. The highest BCUT2D eigenvalue weighted by Crippen LogP contribution is 2.14. The van der Waals surface area contributed by atoms with Crippen LogP contribution in [0, 0.1) is 5.92 Å². The number of hydrogen-bond acceptors (Lipinski definition) is 4. The molecule has 1 N–H and O–H groups in total. The second kappa shape index (κ2) is 5.60. The van der Waals surface area contributed by atoms with Crippen LogP contribution in [0.5, 0.6) is 0 Å². The lowest BCUT2D eigenvalue weighted by Crippen LogP contribution is -2.34. The van der Waals surface area contributed by atoms with Crippen molar-refractivity contribution in [3.63, 3.8) is 0 Å². The third-order valence-corrected chi connectivity index (χ3v) is 4.70. The van der Waals surface area contributed by atoms with Gasteiger partial charge in [0.1, 0.15) is 0 Å². The molecule has 17 heavy (non-hydrogen) atoms. The van der Waals surface area contributed by atoms with Gasteiger partial charge in [0.25, 0.3) is 0 Å². The summed E-state index contributed by atoms with van der Waals surface area (Å²) in [7, 11) is -3.04. The maximum absolute atomic E-state index is 12.0. The fraction of sp³-hybridized carbons (Fsp3) is 0.583. The van der Waals surface area contributed by atoms with Crippen LogP contribution < -0.4 is 5.32 Å². The molecule has 0 bridgehead atoms. The molecule has 1 fully saturated rings. The lowest BCUT2D eigenvalue weighted by molar-refractivity contribution is 0.404. The van der Waals surface area contributed by atoms with E-state index in [0.29, 0.717) is 5.69 Å². The molecule has 1 aromatic rings. The van der Waals surface area contributed by atoms with E-state index in [4.69, 9.17) is 0 Å². The zero-order valence-electron chi connectivity index (χ0n) is 9.80. The quantitative estimate of drug-likeness (QED) is 0.870. The van der Waals surface area contributed by atoms with E-state index in [2.05, 4.69) is 10.3 Å². The van der Waals surface area contributed by atoms with Gasteiger partial charge in [-0.1, -0.05) is 6.07 Å². The molecule has 2 heterocycles. The number of hydrogen-bond donors (Lipinski definition) is 1. The van der Waals surface area contributed by atoms with E-state index in [1.807, 2.05) is 6.07 Å². The van der Waals surface area contributed by atoms with Gasteiger partial charge in [0.2, 0.25) is 0 Å². The third kappa shape index (κ3) is 4.09. The largest absolute Gasteiger partial charge is 0.316 e. The highest BCUT2D eigenvalue weighted by atomic mass is 32.2. The van der Waals surface area contributed by atoms with Gasteiger partial charge in [0, 0.05) is 6.20 Å². The Balaban J connectivity index is 1.94. The highest BCUT2D eigenvalue weighted by Gasteiger charge is 2.21. The van der Waals surface area contributed by atoms with E-state index in [-0.39, 0.29) is 17.4 Å². The van der Waals surface area contributed by atoms with Crippen LogP contribution >= 0.6 is 0 Å². The molecule has 0 amide bonds. The summed E-state index contributed by atoms with van der Waals surface area (Å²) in [6.45, 7) is 1.83. The van der Waals surface area contributed by atoms with E-state index < -0.39 is 9.84 Å². The molecule has 0 aromatic carbocycles. The molecular formula is C12H18N2O2S. The summed E-state index contributed by atoms with van der Waals surface area (Å²) >= 11 is 0. The van der Waals surface area contributed by atoms with Crippen LogP contribution in [-0.4, -0.2) is 32.2 Å². The van der Waals surface area contributed by atoms with E-state index in [9.17, 15) is 8.42 Å². The number of nitrogens with zero attached hydrogens (tertiary/aromatic N) is 1. The fourth-order valence-electron chi connectivity index (χ4n) is 2.19. The molecule has 1 aliphatic rings. The van der Waals surface area contributed by atoms with Crippen molar-refractivity contribution in [2.24, 2.45) is 5.92 Å². The summed E-state index contributed by atoms with van der Waals surface area (Å²) in [4.78, 5) is 4.06. The van der Waals surface area contributed by atoms with Crippen LogP contribution in [0.3, 0.4) is 0 Å². The molecule has 0 unspecified atom stereocenters. The minimum Gasteiger partial charge on any atom is -0.316 e. The summed E-state index contributed by atoms with van der Waals surface area (Å²) in [6.07, 6.45) is 3.71. The van der Waals surface area contributed by atoms with Crippen molar-refractivity contribution in [1.29, 1.82) is 0 Å². The van der Waals surface area contributed by atoms with Crippen molar-refractivity contribution in [3.8, 4) is 0 Å². The molecule has 1 aliphatic heterocycles. The molecule has 94 valence electrons. The average Bonchev–Trinajstić information content (AvgIpc) is 2.30. The smallest absolute Gasteiger partial charge is 0.156 e. The first-order valence-electron chi connectivity index (χ1n) is 5.97. The lowest BCUT2D eigenvalue weighted by atomic mass is 10.0. The third-order valence-electron chi connectivity index (χ3n) is 2.98.